The lowest BCUT2D eigenvalue weighted by Crippen LogP contribution is -2.29. The van der Waals surface area contributed by atoms with Crippen LogP contribution < -0.4 is 15.4 Å². The van der Waals surface area contributed by atoms with E-state index in [9.17, 15) is 0 Å². The van der Waals surface area contributed by atoms with E-state index < -0.39 is 0 Å². The maximum absolute atomic E-state index is 5.57. The number of benzene rings is 1. The number of thiocarbonyl (C=S) groups is 1. The number of nitrogens with one attached hydrogen (secondary N) is 2. The Hall–Kier alpha value is -1.60. The van der Waals surface area contributed by atoms with Gasteiger partial charge < -0.3 is 15.4 Å². The molecule has 118 valence electrons. The van der Waals surface area contributed by atoms with Gasteiger partial charge in [-0.3, -0.25) is 4.68 Å². The minimum Gasteiger partial charge on any atom is -0.492 e. The van der Waals surface area contributed by atoms with Gasteiger partial charge in [0.05, 0.1) is 35.2 Å². The topological polar surface area (TPSA) is 51.1 Å². The Morgan fingerprint density at radius 1 is 1.36 bits per heavy atom. The number of halogens is 1. The number of ether oxygens (including phenoxy) is 1. The summed E-state index contributed by atoms with van der Waals surface area (Å²) >= 11 is 8.85. The predicted molar refractivity (Wildman–Crippen MR) is 96.3 cm³/mol. The number of aromatic nitrogens is 2. The van der Waals surface area contributed by atoms with Gasteiger partial charge in [0.1, 0.15) is 5.75 Å². The number of rotatable bonds is 6. The summed E-state index contributed by atoms with van der Waals surface area (Å²) in [5.74, 6) is 0.786. The average molecular weight is 383 g/mol. The van der Waals surface area contributed by atoms with Crippen molar-refractivity contribution in [1.82, 2.24) is 15.1 Å². The third-order valence-corrected chi connectivity index (χ3v) is 3.96. The first-order valence-corrected chi connectivity index (χ1v) is 8.32. The second-order valence-corrected chi connectivity index (χ2v) is 5.75. The van der Waals surface area contributed by atoms with Crippen LogP contribution in [0.15, 0.2) is 34.9 Å². The summed E-state index contributed by atoms with van der Waals surface area (Å²) in [7, 11) is 0. The minimum absolute atomic E-state index is 0.544. The molecular formula is C15H19BrN4OS. The number of aryl methyl sites for hydroxylation is 1. The third kappa shape index (κ3) is 4.20. The fraction of sp³-hybridized carbons (Fsp3) is 0.333. The summed E-state index contributed by atoms with van der Waals surface area (Å²) in [6.45, 7) is 6.03. The summed E-state index contributed by atoms with van der Waals surface area (Å²) in [4.78, 5) is 0. The van der Waals surface area contributed by atoms with Crippen LogP contribution in [0.5, 0.6) is 5.75 Å². The maximum atomic E-state index is 5.57. The second kappa shape index (κ2) is 8.14. The smallest absolute Gasteiger partial charge is 0.171 e. The lowest BCUT2D eigenvalue weighted by atomic mass is 10.3. The molecule has 0 aliphatic rings. The number of nitrogens with zero attached hydrogens (tertiary/aromatic N) is 2. The molecule has 2 aromatic rings. The molecule has 1 aromatic carbocycles. The van der Waals surface area contributed by atoms with E-state index in [2.05, 4.69) is 38.6 Å². The molecule has 0 amide bonds. The van der Waals surface area contributed by atoms with E-state index in [4.69, 9.17) is 17.0 Å². The molecule has 7 heteroatoms. The van der Waals surface area contributed by atoms with Crippen LogP contribution in [-0.4, -0.2) is 21.5 Å². The van der Waals surface area contributed by atoms with Crippen LogP contribution in [0.3, 0.4) is 0 Å². The van der Waals surface area contributed by atoms with Gasteiger partial charge in [0.25, 0.3) is 0 Å². The highest BCUT2D eigenvalue weighted by atomic mass is 79.9. The van der Waals surface area contributed by atoms with Crippen molar-refractivity contribution in [1.29, 1.82) is 0 Å². The molecule has 0 saturated heterocycles. The van der Waals surface area contributed by atoms with Crippen LogP contribution in [0.4, 0.5) is 5.69 Å². The van der Waals surface area contributed by atoms with Crippen molar-refractivity contribution in [3.8, 4) is 5.75 Å². The SMILES string of the molecule is CCOc1ccccc1NC(=S)NCc1c(Br)cnn1CC. The van der Waals surface area contributed by atoms with Crippen LogP contribution in [0.1, 0.15) is 19.5 Å². The zero-order valence-electron chi connectivity index (χ0n) is 12.6. The number of hydrogen-bond acceptors (Lipinski definition) is 3. The molecule has 0 unspecified atom stereocenters. The molecule has 0 aliphatic heterocycles. The molecule has 1 heterocycles. The first kappa shape index (κ1) is 16.8. The van der Waals surface area contributed by atoms with Gasteiger partial charge in [0.15, 0.2) is 5.11 Å². The lowest BCUT2D eigenvalue weighted by molar-refractivity contribution is 0.342. The fourth-order valence-corrected chi connectivity index (χ4v) is 2.64. The zero-order valence-corrected chi connectivity index (χ0v) is 15.0. The largest absolute Gasteiger partial charge is 0.492 e. The van der Waals surface area contributed by atoms with Gasteiger partial charge in [-0.25, -0.2) is 0 Å². The van der Waals surface area contributed by atoms with Gasteiger partial charge in [0.2, 0.25) is 0 Å². The molecule has 0 spiro atoms. The molecule has 2 rings (SSSR count). The van der Waals surface area contributed by atoms with E-state index in [0.717, 1.165) is 28.1 Å². The minimum atomic E-state index is 0.544. The van der Waals surface area contributed by atoms with Gasteiger partial charge in [-0.2, -0.15) is 5.10 Å². The van der Waals surface area contributed by atoms with Crippen molar-refractivity contribution >= 4 is 38.9 Å². The van der Waals surface area contributed by atoms with Crippen LogP contribution in [0.2, 0.25) is 0 Å². The van der Waals surface area contributed by atoms with Crippen molar-refractivity contribution in [2.75, 3.05) is 11.9 Å². The van der Waals surface area contributed by atoms with E-state index in [-0.39, 0.29) is 0 Å². The molecule has 0 bridgehead atoms. The Balaban J connectivity index is 1.97. The third-order valence-electron chi connectivity index (χ3n) is 3.05. The number of para-hydroxylation sites is 2. The molecule has 5 nitrogen and oxygen atoms in total. The van der Waals surface area contributed by atoms with Crippen molar-refractivity contribution in [2.24, 2.45) is 0 Å². The zero-order chi connectivity index (χ0) is 15.9. The fourth-order valence-electron chi connectivity index (χ4n) is 2.02. The molecule has 0 aliphatic carbocycles. The Morgan fingerprint density at radius 2 is 2.14 bits per heavy atom. The van der Waals surface area contributed by atoms with Crippen LogP contribution >= 0.6 is 28.1 Å². The molecule has 0 radical (unpaired) electrons. The van der Waals surface area contributed by atoms with Gasteiger partial charge in [-0.05, 0) is 54.1 Å². The standard InChI is InChI=1S/C15H19BrN4OS/c1-3-20-13(11(16)9-18-20)10-17-15(22)19-12-7-5-6-8-14(12)21-4-2/h5-9H,3-4,10H2,1-2H3,(H2,17,19,22). The van der Waals surface area contributed by atoms with Crippen molar-refractivity contribution in [2.45, 2.75) is 26.9 Å². The van der Waals surface area contributed by atoms with Crippen LogP contribution in [0, 0.1) is 0 Å². The van der Waals surface area contributed by atoms with Crippen molar-refractivity contribution < 1.29 is 4.74 Å². The first-order chi connectivity index (χ1) is 10.7. The Labute approximate surface area is 144 Å². The molecule has 0 atom stereocenters. The van der Waals surface area contributed by atoms with Crippen molar-refractivity contribution in [3.05, 3.63) is 40.6 Å². The van der Waals surface area contributed by atoms with Gasteiger partial charge >= 0.3 is 0 Å². The number of hydrogen-bond donors (Lipinski definition) is 2. The quantitative estimate of drug-likeness (QED) is 0.748. The number of anilines is 1. The molecule has 22 heavy (non-hydrogen) atoms. The van der Waals surface area contributed by atoms with E-state index >= 15 is 0 Å². The lowest BCUT2D eigenvalue weighted by Gasteiger charge is -2.14. The summed E-state index contributed by atoms with van der Waals surface area (Å²) in [5.41, 5.74) is 1.91. The molecular weight excluding hydrogens is 364 g/mol. The maximum Gasteiger partial charge on any atom is 0.171 e. The van der Waals surface area contributed by atoms with E-state index in [1.54, 1.807) is 6.20 Å². The highest BCUT2D eigenvalue weighted by molar-refractivity contribution is 9.10. The van der Waals surface area contributed by atoms with Crippen LogP contribution in [-0.2, 0) is 13.1 Å². The summed E-state index contributed by atoms with van der Waals surface area (Å²) in [6, 6.07) is 7.72. The predicted octanol–water partition coefficient (Wildman–Crippen LogP) is 3.55. The summed E-state index contributed by atoms with van der Waals surface area (Å²) in [6.07, 6.45) is 1.79. The highest BCUT2D eigenvalue weighted by Gasteiger charge is 2.09. The molecule has 1 aromatic heterocycles. The van der Waals surface area contributed by atoms with Crippen molar-refractivity contribution in [3.63, 3.8) is 0 Å². The summed E-state index contributed by atoms with van der Waals surface area (Å²) in [5, 5.41) is 11.2. The Kier molecular flexibility index (Phi) is 6.21. The van der Waals surface area contributed by atoms with E-state index in [1.165, 1.54) is 0 Å². The molecule has 0 saturated carbocycles. The van der Waals surface area contributed by atoms with Gasteiger partial charge in [-0.15, -0.1) is 0 Å². The van der Waals surface area contributed by atoms with E-state index in [1.807, 2.05) is 35.9 Å². The highest BCUT2D eigenvalue weighted by Crippen LogP contribution is 2.23. The second-order valence-electron chi connectivity index (χ2n) is 4.49. The molecule has 2 N–H and O–H groups in total. The van der Waals surface area contributed by atoms with Crippen LogP contribution in [0.25, 0.3) is 0 Å². The molecule has 0 fully saturated rings. The van der Waals surface area contributed by atoms with E-state index in [0.29, 0.717) is 18.3 Å². The Bertz CT molecular complexity index is 644. The summed E-state index contributed by atoms with van der Waals surface area (Å²) < 4.78 is 8.47. The van der Waals surface area contributed by atoms with Gasteiger partial charge in [-0.1, -0.05) is 12.1 Å². The van der Waals surface area contributed by atoms with Gasteiger partial charge in [0, 0.05) is 6.54 Å². The Morgan fingerprint density at radius 3 is 2.86 bits per heavy atom. The first-order valence-electron chi connectivity index (χ1n) is 7.12. The average Bonchev–Trinajstić information content (AvgIpc) is 2.87. The monoisotopic (exact) mass is 382 g/mol. The normalized spacial score (nSPS) is 10.3.